The minimum absolute atomic E-state index is 0.361. The molecule has 0 aliphatic carbocycles. The molecule has 0 spiro atoms. The van der Waals surface area contributed by atoms with Crippen LogP contribution in [0.3, 0.4) is 0 Å². The van der Waals surface area contributed by atoms with Crippen molar-refractivity contribution in [3.63, 3.8) is 0 Å². The van der Waals surface area contributed by atoms with Crippen molar-refractivity contribution in [3.05, 3.63) is 35.9 Å². The largest absolute Gasteiger partial charge is 0.314 e. The maximum absolute atomic E-state index is 9.40. The third kappa shape index (κ3) is 3.06. The number of hydrogen-bond acceptors (Lipinski definition) is 3. The van der Waals surface area contributed by atoms with Gasteiger partial charge in [-0.2, -0.15) is 5.26 Å². The molecule has 90 valence electrons. The van der Waals surface area contributed by atoms with Crippen molar-refractivity contribution in [3.8, 4) is 6.07 Å². The Kier molecular flexibility index (Phi) is 3.78. The summed E-state index contributed by atoms with van der Waals surface area (Å²) in [6.07, 6.45) is 1.75. The van der Waals surface area contributed by atoms with Crippen molar-refractivity contribution in [1.82, 2.24) is 10.6 Å². The van der Waals surface area contributed by atoms with E-state index in [4.69, 9.17) is 0 Å². The number of hydrogen-bond donors (Lipinski definition) is 2. The highest BCUT2D eigenvalue weighted by Gasteiger charge is 2.34. The smallest absolute Gasteiger partial charge is 0.109 e. The van der Waals surface area contributed by atoms with Crippen LogP contribution >= 0.6 is 0 Å². The summed E-state index contributed by atoms with van der Waals surface area (Å²) < 4.78 is 0. The average molecular weight is 229 g/mol. The van der Waals surface area contributed by atoms with Crippen LogP contribution in [0.2, 0.25) is 0 Å². The second-order valence-corrected chi connectivity index (χ2v) is 4.84. The Morgan fingerprint density at radius 1 is 1.47 bits per heavy atom. The van der Waals surface area contributed by atoms with Crippen molar-refractivity contribution in [2.45, 2.75) is 37.9 Å². The average Bonchev–Trinajstić information content (AvgIpc) is 2.38. The number of nitrogens with one attached hydrogen (secondary N) is 2. The molecule has 0 saturated carbocycles. The number of nitrogens with zero attached hydrogens (tertiary/aromatic N) is 1. The minimum atomic E-state index is -0.361. The molecule has 0 aromatic heterocycles. The Bertz CT molecular complexity index is 396. The van der Waals surface area contributed by atoms with Gasteiger partial charge in [0.25, 0.3) is 0 Å². The number of piperidine rings is 1. The molecule has 2 atom stereocenters. The summed E-state index contributed by atoms with van der Waals surface area (Å²) in [7, 11) is 0. The Balaban J connectivity index is 1.98. The maximum Gasteiger partial charge on any atom is 0.109 e. The summed E-state index contributed by atoms with van der Waals surface area (Å²) in [5, 5.41) is 16.2. The molecule has 0 bridgehead atoms. The number of nitriles is 1. The van der Waals surface area contributed by atoms with Crippen LogP contribution in [0.4, 0.5) is 0 Å². The van der Waals surface area contributed by atoms with Crippen LogP contribution in [0.5, 0.6) is 0 Å². The van der Waals surface area contributed by atoms with E-state index in [9.17, 15) is 5.26 Å². The molecule has 1 fully saturated rings. The Hall–Kier alpha value is -1.37. The van der Waals surface area contributed by atoms with Crippen LogP contribution in [-0.4, -0.2) is 18.1 Å². The SMILES string of the molecule is CC1CC(C#N)(NCc2ccccc2)CCN1. The van der Waals surface area contributed by atoms with Crippen molar-refractivity contribution >= 4 is 0 Å². The topological polar surface area (TPSA) is 47.9 Å². The van der Waals surface area contributed by atoms with Crippen LogP contribution in [0.1, 0.15) is 25.3 Å². The highest BCUT2D eigenvalue weighted by Crippen LogP contribution is 2.21. The third-order valence-corrected chi connectivity index (χ3v) is 3.39. The summed E-state index contributed by atoms with van der Waals surface area (Å²) >= 11 is 0. The first-order valence-electron chi connectivity index (χ1n) is 6.18. The molecule has 1 aromatic rings. The zero-order chi connectivity index (χ0) is 12.1. The van der Waals surface area contributed by atoms with Crippen molar-refractivity contribution in [2.75, 3.05) is 6.54 Å². The predicted octanol–water partition coefficient (Wildman–Crippen LogP) is 1.81. The van der Waals surface area contributed by atoms with Gasteiger partial charge in [-0.05, 0) is 31.9 Å². The van der Waals surface area contributed by atoms with Gasteiger partial charge in [0.1, 0.15) is 5.54 Å². The molecule has 2 rings (SSSR count). The van der Waals surface area contributed by atoms with Crippen molar-refractivity contribution in [2.24, 2.45) is 0 Å². The van der Waals surface area contributed by atoms with Crippen molar-refractivity contribution < 1.29 is 0 Å². The fourth-order valence-electron chi connectivity index (χ4n) is 2.40. The van der Waals surface area contributed by atoms with Gasteiger partial charge in [0.05, 0.1) is 6.07 Å². The monoisotopic (exact) mass is 229 g/mol. The van der Waals surface area contributed by atoms with E-state index >= 15 is 0 Å². The van der Waals surface area contributed by atoms with E-state index in [1.54, 1.807) is 0 Å². The lowest BCUT2D eigenvalue weighted by atomic mass is 9.86. The fraction of sp³-hybridized carbons (Fsp3) is 0.500. The van der Waals surface area contributed by atoms with Gasteiger partial charge in [-0.1, -0.05) is 30.3 Å². The molecular weight excluding hydrogens is 210 g/mol. The summed E-state index contributed by atoms with van der Waals surface area (Å²) in [6.45, 7) is 3.81. The summed E-state index contributed by atoms with van der Waals surface area (Å²) in [4.78, 5) is 0. The molecular formula is C14H19N3. The van der Waals surface area contributed by atoms with Gasteiger partial charge >= 0.3 is 0 Å². The van der Waals surface area contributed by atoms with E-state index in [1.165, 1.54) is 5.56 Å². The van der Waals surface area contributed by atoms with Crippen LogP contribution in [-0.2, 0) is 6.54 Å². The van der Waals surface area contributed by atoms with Gasteiger partial charge in [-0.3, -0.25) is 5.32 Å². The Morgan fingerprint density at radius 2 is 2.24 bits per heavy atom. The summed E-state index contributed by atoms with van der Waals surface area (Å²) in [6, 6.07) is 13.1. The second kappa shape index (κ2) is 5.31. The second-order valence-electron chi connectivity index (χ2n) is 4.84. The molecule has 1 aromatic carbocycles. The highest BCUT2D eigenvalue weighted by atomic mass is 15.0. The molecule has 2 unspecified atom stereocenters. The molecule has 2 N–H and O–H groups in total. The van der Waals surface area contributed by atoms with E-state index in [2.05, 4.69) is 35.8 Å². The fourth-order valence-corrected chi connectivity index (χ4v) is 2.40. The molecule has 0 radical (unpaired) electrons. The quantitative estimate of drug-likeness (QED) is 0.831. The van der Waals surface area contributed by atoms with Crippen LogP contribution in [0, 0.1) is 11.3 Å². The molecule has 17 heavy (non-hydrogen) atoms. The standard InChI is InChI=1S/C14H19N3/c1-12-9-14(11-15,7-8-16-12)17-10-13-5-3-2-4-6-13/h2-6,12,16-17H,7-10H2,1H3. The Morgan fingerprint density at radius 3 is 2.88 bits per heavy atom. The number of rotatable bonds is 3. The highest BCUT2D eigenvalue weighted by molar-refractivity contribution is 5.17. The summed E-state index contributed by atoms with van der Waals surface area (Å²) in [5.74, 6) is 0. The van der Waals surface area contributed by atoms with Gasteiger partial charge in [0.15, 0.2) is 0 Å². The van der Waals surface area contributed by atoms with Gasteiger partial charge in [0.2, 0.25) is 0 Å². The van der Waals surface area contributed by atoms with Crippen molar-refractivity contribution in [1.29, 1.82) is 5.26 Å². The maximum atomic E-state index is 9.40. The zero-order valence-corrected chi connectivity index (χ0v) is 10.2. The molecule has 1 saturated heterocycles. The molecule has 3 heteroatoms. The molecule has 1 aliphatic rings. The normalized spacial score (nSPS) is 28.6. The van der Waals surface area contributed by atoms with E-state index in [-0.39, 0.29) is 5.54 Å². The van der Waals surface area contributed by atoms with Gasteiger partial charge in [-0.25, -0.2) is 0 Å². The van der Waals surface area contributed by atoms with Gasteiger partial charge < -0.3 is 5.32 Å². The molecule has 0 amide bonds. The van der Waals surface area contributed by atoms with Gasteiger partial charge in [0, 0.05) is 12.6 Å². The molecule has 3 nitrogen and oxygen atoms in total. The number of benzene rings is 1. The lowest BCUT2D eigenvalue weighted by Crippen LogP contribution is -2.54. The van der Waals surface area contributed by atoms with Crippen LogP contribution in [0.15, 0.2) is 30.3 Å². The molecule has 1 heterocycles. The van der Waals surface area contributed by atoms with Crippen LogP contribution in [0.25, 0.3) is 0 Å². The summed E-state index contributed by atoms with van der Waals surface area (Å²) in [5.41, 5.74) is 0.869. The van der Waals surface area contributed by atoms with E-state index in [1.807, 2.05) is 18.2 Å². The lowest BCUT2D eigenvalue weighted by molar-refractivity contribution is 0.266. The first-order valence-corrected chi connectivity index (χ1v) is 6.18. The van der Waals surface area contributed by atoms with E-state index in [0.717, 1.165) is 25.9 Å². The third-order valence-electron chi connectivity index (χ3n) is 3.39. The predicted molar refractivity (Wildman–Crippen MR) is 68.3 cm³/mol. The Labute approximate surface area is 103 Å². The zero-order valence-electron chi connectivity index (χ0n) is 10.2. The van der Waals surface area contributed by atoms with Gasteiger partial charge in [-0.15, -0.1) is 0 Å². The lowest BCUT2D eigenvalue weighted by Gasteiger charge is -2.36. The first kappa shape index (κ1) is 12.1. The first-order chi connectivity index (χ1) is 8.24. The van der Waals surface area contributed by atoms with Crippen LogP contribution < -0.4 is 10.6 Å². The molecule has 1 aliphatic heterocycles. The van der Waals surface area contributed by atoms with E-state index < -0.39 is 0 Å². The minimum Gasteiger partial charge on any atom is -0.314 e. The van der Waals surface area contributed by atoms with E-state index in [0.29, 0.717) is 6.04 Å².